The largest absolute Gasteiger partial charge is 0.203 e. The molecule has 0 amide bonds. The van der Waals surface area contributed by atoms with Crippen LogP contribution in [0.15, 0.2) is 42.6 Å². The summed E-state index contributed by atoms with van der Waals surface area (Å²) < 4.78 is 2.45. The van der Waals surface area contributed by atoms with Crippen molar-refractivity contribution >= 4 is 6.08 Å². The lowest BCUT2D eigenvalue weighted by Gasteiger charge is -2.28. The Morgan fingerprint density at radius 1 is 1.06 bits per heavy atom. The van der Waals surface area contributed by atoms with Gasteiger partial charge in [0.2, 0.25) is 5.69 Å². The van der Waals surface area contributed by atoms with Crippen LogP contribution in [0, 0.1) is 0 Å². The van der Waals surface area contributed by atoms with Gasteiger partial charge in [0.25, 0.3) is 0 Å². The van der Waals surface area contributed by atoms with Crippen LogP contribution in [0.25, 0.3) is 6.08 Å². The molecule has 1 unspecified atom stereocenters. The Hall–Kier alpha value is -1.89. The molecule has 1 nitrogen and oxygen atoms in total. The third kappa shape index (κ3) is 0.828. The SMILES string of the molecule is C1=CC23CCc4cccc(c42)C[n+]2cccc1c23. The average molecular weight is 232 g/mol. The molecule has 1 atom stereocenters. The van der Waals surface area contributed by atoms with Gasteiger partial charge in [0.15, 0.2) is 12.7 Å². The molecule has 18 heavy (non-hydrogen) atoms. The van der Waals surface area contributed by atoms with Crippen LogP contribution >= 0.6 is 0 Å². The molecule has 5 rings (SSSR count). The van der Waals surface area contributed by atoms with Crippen molar-refractivity contribution < 1.29 is 4.57 Å². The van der Waals surface area contributed by atoms with E-state index in [2.05, 4.69) is 53.2 Å². The fraction of sp³-hybridized carbons (Fsp3) is 0.235. The van der Waals surface area contributed by atoms with Crippen molar-refractivity contribution in [3.63, 3.8) is 0 Å². The highest BCUT2D eigenvalue weighted by Gasteiger charge is 2.52. The summed E-state index contributed by atoms with van der Waals surface area (Å²) in [4.78, 5) is 0. The minimum atomic E-state index is 0.195. The van der Waals surface area contributed by atoms with E-state index in [0.29, 0.717) is 0 Å². The topological polar surface area (TPSA) is 3.88 Å². The van der Waals surface area contributed by atoms with Crippen LogP contribution in [0.3, 0.4) is 0 Å². The zero-order valence-corrected chi connectivity index (χ0v) is 10.2. The van der Waals surface area contributed by atoms with Gasteiger partial charge >= 0.3 is 0 Å². The monoisotopic (exact) mass is 232 g/mol. The molecule has 0 bridgehead atoms. The predicted octanol–water partition coefficient (Wildman–Crippen LogP) is 2.59. The van der Waals surface area contributed by atoms with E-state index in [0.717, 1.165) is 6.54 Å². The molecule has 1 heteroatoms. The van der Waals surface area contributed by atoms with Crippen LogP contribution in [0.4, 0.5) is 0 Å². The summed E-state index contributed by atoms with van der Waals surface area (Å²) in [5.41, 5.74) is 7.85. The first-order valence-electron chi connectivity index (χ1n) is 6.72. The van der Waals surface area contributed by atoms with Gasteiger partial charge in [-0.3, -0.25) is 0 Å². The molecule has 1 aromatic heterocycles. The number of hydrogen-bond donors (Lipinski definition) is 0. The molecule has 0 saturated carbocycles. The first-order valence-corrected chi connectivity index (χ1v) is 6.72. The van der Waals surface area contributed by atoms with Gasteiger partial charge in [0, 0.05) is 17.2 Å². The summed E-state index contributed by atoms with van der Waals surface area (Å²) in [6, 6.07) is 11.3. The van der Waals surface area contributed by atoms with Crippen molar-refractivity contribution in [2.24, 2.45) is 0 Å². The number of nitrogens with zero attached hydrogens (tertiary/aromatic N) is 1. The van der Waals surface area contributed by atoms with Gasteiger partial charge in [-0.25, -0.2) is 0 Å². The molecule has 86 valence electrons. The van der Waals surface area contributed by atoms with Crippen molar-refractivity contribution in [1.82, 2.24) is 0 Å². The lowest BCUT2D eigenvalue weighted by Crippen LogP contribution is -2.49. The third-order valence-corrected chi connectivity index (χ3v) is 4.88. The second kappa shape index (κ2) is 2.74. The number of allylic oxidation sites excluding steroid dienone is 1. The minimum absolute atomic E-state index is 0.195. The van der Waals surface area contributed by atoms with E-state index < -0.39 is 0 Å². The molecule has 2 heterocycles. The Morgan fingerprint density at radius 2 is 2.00 bits per heavy atom. The molecule has 2 aliphatic carbocycles. The zero-order valence-electron chi connectivity index (χ0n) is 10.2. The van der Waals surface area contributed by atoms with Crippen molar-refractivity contribution in [2.75, 3.05) is 0 Å². The highest BCUT2D eigenvalue weighted by atomic mass is 15.0. The van der Waals surface area contributed by atoms with E-state index in [9.17, 15) is 0 Å². The van der Waals surface area contributed by atoms with E-state index in [1.165, 1.54) is 29.7 Å². The molecular weight excluding hydrogens is 218 g/mol. The molecule has 0 N–H and O–H groups in total. The standard InChI is InChI=1S/C17H14N/c1-3-12-6-8-17-9-7-13-5-2-10-18(16(13)17)11-14(4-1)15(12)17/h1-5,7,9-10H,6,8,11H2/q+1. The lowest BCUT2D eigenvalue weighted by molar-refractivity contribution is -0.700. The summed E-state index contributed by atoms with van der Waals surface area (Å²) in [6.07, 6.45) is 9.47. The van der Waals surface area contributed by atoms with E-state index in [-0.39, 0.29) is 5.41 Å². The fourth-order valence-corrected chi connectivity index (χ4v) is 4.27. The third-order valence-electron chi connectivity index (χ3n) is 4.88. The predicted molar refractivity (Wildman–Crippen MR) is 70.3 cm³/mol. The van der Waals surface area contributed by atoms with Crippen LogP contribution in [0.5, 0.6) is 0 Å². The van der Waals surface area contributed by atoms with Crippen LogP contribution in [0.1, 0.15) is 34.4 Å². The molecule has 3 aliphatic rings. The van der Waals surface area contributed by atoms with Gasteiger partial charge in [-0.05, 0) is 30.0 Å². The fourth-order valence-electron chi connectivity index (χ4n) is 4.27. The molecule has 1 aliphatic heterocycles. The van der Waals surface area contributed by atoms with Crippen LogP contribution in [-0.4, -0.2) is 0 Å². The van der Waals surface area contributed by atoms with Crippen molar-refractivity contribution in [3.8, 4) is 0 Å². The molecule has 2 aromatic rings. The summed E-state index contributed by atoms with van der Waals surface area (Å²) in [5.74, 6) is 0. The molecular formula is C17H14N+. The van der Waals surface area contributed by atoms with Crippen LogP contribution in [-0.2, 0) is 18.4 Å². The number of benzene rings is 1. The summed E-state index contributed by atoms with van der Waals surface area (Å²) in [5, 5.41) is 0. The number of aromatic nitrogens is 1. The van der Waals surface area contributed by atoms with Gasteiger partial charge in [0.1, 0.15) is 0 Å². The highest BCUT2D eigenvalue weighted by molar-refractivity contribution is 5.69. The van der Waals surface area contributed by atoms with E-state index in [4.69, 9.17) is 0 Å². The minimum Gasteiger partial charge on any atom is -0.196 e. The molecule has 1 spiro atoms. The van der Waals surface area contributed by atoms with E-state index >= 15 is 0 Å². The number of rotatable bonds is 0. The maximum absolute atomic E-state index is 2.45. The first kappa shape index (κ1) is 9.09. The van der Waals surface area contributed by atoms with Crippen LogP contribution in [0.2, 0.25) is 0 Å². The Labute approximate surface area is 106 Å². The Kier molecular flexibility index (Phi) is 1.39. The summed E-state index contributed by atoms with van der Waals surface area (Å²) >= 11 is 0. The molecule has 0 radical (unpaired) electrons. The van der Waals surface area contributed by atoms with Gasteiger partial charge < -0.3 is 0 Å². The van der Waals surface area contributed by atoms with Crippen LogP contribution < -0.4 is 4.57 Å². The molecule has 0 saturated heterocycles. The van der Waals surface area contributed by atoms with Crippen molar-refractivity contribution in [1.29, 1.82) is 0 Å². The maximum atomic E-state index is 2.45. The highest BCUT2D eigenvalue weighted by Crippen LogP contribution is 2.51. The number of hydrogen-bond acceptors (Lipinski definition) is 0. The van der Waals surface area contributed by atoms with E-state index in [1.807, 2.05) is 0 Å². The van der Waals surface area contributed by atoms with Gasteiger partial charge in [0.05, 0.1) is 5.41 Å². The Balaban J connectivity index is 1.97. The Bertz CT molecular complexity index is 726. The van der Waals surface area contributed by atoms with Gasteiger partial charge in [-0.15, -0.1) is 0 Å². The first-order chi connectivity index (χ1) is 8.88. The quantitative estimate of drug-likeness (QED) is 0.615. The molecule has 0 fully saturated rings. The lowest BCUT2D eigenvalue weighted by atomic mass is 9.76. The second-order valence-corrected chi connectivity index (χ2v) is 5.70. The van der Waals surface area contributed by atoms with Gasteiger partial charge in [-0.2, -0.15) is 4.57 Å². The molecule has 1 aromatic carbocycles. The van der Waals surface area contributed by atoms with E-state index in [1.54, 1.807) is 11.1 Å². The van der Waals surface area contributed by atoms with Gasteiger partial charge in [-0.1, -0.05) is 30.4 Å². The van der Waals surface area contributed by atoms with Crippen molar-refractivity contribution in [3.05, 3.63) is 70.6 Å². The smallest absolute Gasteiger partial charge is 0.196 e. The Morgan fingerprint density at radius 3 is 3.00 bits per heavy atom. The summed E-state index contributed by atoms with van der Waals surface area (Å²) in [7, 11) is 0. The number of pyridine rings is 1. The number of aryl methyl sites for hydroxylation is 1. The zero-order chi connectivity index (χ0) is 11.7. The normalized spacial score (nSPS) is 25.1. The van der Waals surface area contributed by atoms with Crippen molar-refractivity contribution in [2.45, 2.75) is 24.8 Å². The summed E-state index contributed by atoms with van der Waals surface area (Å²) in [6.45, 7) is 1.04. The average Bonchev–Trinajstić information content (AvgIpc) is 2.96. The second-order valence-electron chi connectivity index (χ2n) is 5.70. The maximum Gasteiger partial charge on any atom is 0.203 e.